The molecule has 0 radical (unpaired) electrons. The second kappa shape index (κ2) is 4.87. The Morgan fingerprint density at radius 3 is 2.89 bits per heavy atom. The van der Waals surface area contributed by atoms with Gasteiger partial charge in [0.1, 0.15) is 6.07 Å². The lowest BCUT2D eigenvalue weighted by Crippen LogP contribution is -2.28. The standard InChI is InChI=1S/C14H19N3O/c1-14(18)5-2-7-17(8-6-14)13-4-3-12(16)9-11(13)10-15/h3-4,9,18H,2,5-8,16H2,1H3. The van der Waals surface area contributed by atoms with E-state index in [1.165, 1.54) is 0 Å². The first-order chi connectivity index (χ1) is 8.52. The molecule has 0 aliphatic carbocycles. The predicted octanol–water partition coefficient (Wildman–Crippen LogP) is 1.88. The van der Waals surface area contributed by atoms with Gasteiger partial charge in [-0.2, -0.15) is 5.26 Å². The van der Waals surface area contributed by atoms with Crippen LogP contribution in [-0.4, -0.2) is 23.8 Å². The molecule has 0 amide bonds. The molecule has 4 heteroatoms. The summed E-state index contributed by atoms with van der Waals surface area (Å²) in [5.74, 6) is 0. The summed E-state index contributed by atoms with van der Waals surface area (Å²) in [6, 6.07) is 7.61. The van der Waals surface area contributed by atoms with Gasteiger partial charge in [-0.25, -0.2) is 0 Å². The number of hydrogen-bond donors (Lipinski definition) is 2. The molecule has 4 nitrogen and oxygen atoms in total. The van der Waals surface area contributed by atoms with Gasteiger partial charge in [0.25, 0.3) is 0 Å². The highest BCUT2D eigenvalue weighted by atomic mass is 16.3. The second-order valence-electron chi connectivity index (χ2n) is 5.23. The van der Waals surface area contributed by atoms with Crippen LogP contribution in [0.1, 0.15) is 31.7 Å². The summed E-state index contributed by atoms with van der Waals surface area (Å²) >= 11 is 0. The lowest BCUT2D eigenvalue weighted by Gasteiger charge is -2.25. The highest BCUT2D eigenvalue weighted by Crippen LogP contribution is 2.28. The molecule has 1 atom stereocenters. The maximum absolute atomic E-state index is 10.1. The normalized spacial score (nSPS) is 24.4. The van der Waals surface area contributed by atoms with E-state index >= 15 is 0 Å². The van der Waals surface area contributed by atoms with Crippen LogP contribution < -0.4 is 10.6 Å². The van der Waals surface area contributed by atoms with Gasteiger partial charge in [0.15, 0.2) is 0 Å². The molecule has 1 aromatic carbocycles. The van der Waals surface area contributed by atoms with Crippen LogP contribution in [-0.2, 0) is 0 Å². The number of nitrogens with zero attached hydrogens (tertiary/aromatic N) is 2. The van der Waals surface area contributed by atoms with Gasteiger partial charge < -0.3 is 15.7 Å². The first-order valence-electron chi connectivity index (χ1n) is 6.29. The van der Waals surface area contributed by atoms with E-state index in [2.05, 4.69) is 11.0 Å². The number of aliphatic hydroxyl groups is 1. The van der Waals surface area contributed by atoms with Crippen LogP contribution in [0.4, 0.5) is 11.4 Å². The van der Waals surface area contributed by atoms with Crippen molar-refractivity contribution in [1.82, 2.24) is 0 Å². The minimum Gasteiger partial charge on any atom is -0.399 e. The first-order valence-corrected chi connectivity index (χ1v) is 6.29. The third-order valence-electron chi connectivity index (χ3n) is 3.55. The van der Waals surface area contributed by atoms with E-state index in [0.717, 1.165) is 38.0 Å². The number of nitriles is 1. The molecule has 1 aliphatic heterocycles. The van der Waals surface area contributed by atoms with Gasteiger partial charge in [0.05, 0.1) is 16.9 Å². The summed E-state index contributed by atoms with van der Waals surface area (Å²) < 4.78 is 0. The molecule has 1 saturated heterocycles. The average molecular weight is 245 g/mol. The zero-order chi connectivity index (χ0) is 13.2. The summed E-state index contributed by atoms with van der Waals surface area (Å²) in [6.45, 7) is 3.52. The summed E-state index contributed by atoms with van der Waals surface area (Å²) in [6.07, 6.45) is 2.46. The van der Waals surface area contributed by atoms with Gasteiger partial charge in [-0.15, -0.1) is 0 Å². The van der Waals surface area contributed by atoms with Gasteiger partial charge in [0, 0.05) is 18.8 Å². The maximum Gasteiger partial charge on any atom is 0.101 e. The van der Waals surface area contributed by atoms with Crippen molar-refractivity contribution in [2.75, 3.05) is 23.7 Å². The Bertz CT molecular complexity index is 476. The fourth-order valence-corrected chi connectivity index (χ4v) is 2.42. The molecular formula is C14H19N3O. The van der Waals surface area contributed by atoms with Crippen molar-refractivity contribution in [2.24, 2.45) is 0 Å². The van der Waals surface area contributed by atoms with Gasteiger partial charge >= 0.3 is 0 Å². The fourth-order valence-electron chi connectivity index (χ4n) is 2.42. The Morgan fingerprint density at radius 2 is 2.17 bits per heavy atom. The molecule has 96 valence electrons. The van der Waals surface area contributed by atoms with Gasteiger partial charge in [0.2, 0.25) is 0 Å². The van der Waals surface area contributed by atoms with E-state index in [1.54, 1.807) is 6.07 Å². The van der Waals surface area contributed by atoms with Gasteiger partial charge in [-0.1, -0.05) is 0 Å². The highest BCUT2D eigenvalue weighted by Gasteiger charge is 2.25. The Labute approximate surface area is 108 Å². The Kier molecular flexibility index (Phi) is 3.44. The monoisotopic (exact) mass is 245 g/mol. The molecule has 1 fully saturated rings. The number of hydrogen-bond acceptors (Lipinski definition) is 4. The zero-order valence-electron chi connectivity index (χ0n) is 10.7. The highest BCUT2D eigenvalue weighted by molar-refractivity contribution is 5.64. The molecule has 0 saturated carbocycles. The molecule has 18 heavy (non-hydrogen) atoms. The third-order valence-corrected chi connectivity index (χ3v) is 3.55. The quantitative estimate of drug-likeness (QED) is 0.741. The van der Waals surface area contributed by atoms with Crippen molar-refractivity contribution < 1.29 is 5.11 Å². The van der Waals surface area contributed by atoms with Crippen LogP contribution in [0.5, 0.6) is 0 Å². The fraction of sp³-hybridized carbons (Fsp3) is 0.500. The van der Waals surface area contributed by atoms with Crippen LogP contribution in [0.2, 0.25) is 0 Å². The largest absolute Gasteiger partial charge is 0.399 e. The van der Waals surface area contributed by atoms with Crippen LogP contribution in [0, 0.1) is 11.3 Å². The van der Waals surface area contributed by atoms with Crippen molar-refractivity contribution >= 4 is 11.4 Å². The number of nitrogen functional groups attached to an aromatic ring is 1. The van der Waals surface area contributed by atoms with Crippen LogP contribution in [0.25, 0.3) is 0 Å². The molecule has 1 aromatic rings. The van der Waals surface area contributed by atoms with E-state index in [1.807, 2.05) is 19.1 Å². The maximum atomic E-state index is 10.1. The second-order valence-corrected chi connectivity index (χ2v) is 5.23. The van der Waals surface area contributed by atoms with Crippen molar-refractivity contribution in [3.8, 4) is 6.07 Å². The first kappa shape index (κ1) is 12.7. The average Bonchev–Trinajstić information content (AvgIpc) is 2.50. The lowest BCUT2D eigenvalue weighted by atomic mass is 9.98. The lowest BCUT2D eigenvalue weighted by molar-refractivity contribution is 0.0481. The molecule has 1 aliphatic rings. The molecule has 2 rings (SSSR count). The summed E-state index contributed by atoms with van der Waals surface area (Å²) in [5.41, 5.74) is 7.25. The third kappa shape index (κ3) is 2.74. The number of nitrogens with two attached hydrogens (primary N) is 1. The minimum atomic E-state index is -0.588. The van der Waals surface area contributed by atoms with E-state index in [0.29, 0.717) is 11.3 Å². The molecule has 0 bridgehead atoms. The van der Waals surface area contributed by atoms with E-state index in [9.17, 15) is 5.11 Å². The molecule has 1 unspecified atom stereocenters. The summed E-state index contributed by atoms with van der Waals surface area (Å²) in [7, 11) is 0. The van der Waals surface area contributed by atoms with Crippen molar-refractivity contribution in [3.63, 3.8) is 0 Å². The smallest absolute Gasteiger partial charge is 0.101 e. The topological polar surface area (TPSA) is 73.3 Å². The Morgan fingerprint density at radius 1 is 1.39 bits per heavy atom. The molecule has 0 aromatic heterocycles. The molecule has 1 heterocycles. The van der Waals surface area contributed by atoms with Crippen LogP contribution in [0.3, 0.4) is 0 Å². The summed E-state index contributed by atoms with van der Waals surface area (Å²) in [5, 5.41) is 19.2. The SMILES string of the molecule is CC1(O)CCCN(c2ccc(N)cc2C#N)CC1. The molecular weight excluding hydrogens is 226 g/mol. The molecule has 0 spiro atoms. The van der Waals surface area contributed by atoms with Gasteiger partial charge in [-0.3, -0.25) is 0 Å². The van der Waals surface area contributed by atoms with Gasteiger partial charge in [-0.05, 0) is 44.4 Å². The minimum absolute atomic E-state index is 0.588. The van der Waals surface area contributed by atoms with E-state index < -0.39 is 5.60 Å². The zero-order valence-corrected chi connectivity index (χ0v) is 10.7. The molecule has 3 N–H and O–H groups in total. The number of rotatable bonds is 1. The Hall–Kier alpha value is -1.73. The van der Waals surface area contributed by atoms with Crippen molar-refractivity contribution in [3.05, 3.63) is 23.8 Å². The number of benzene rings is 1. The Balaban J connectivity index is 2.24. The van der Waals surface area contributed by atoms with E-state index in [4.69, 9.17) is 11.0 Å². The van der Waals surface area contributed by atoms with Crippen LogP contribution in [0.15, 0.2) is 18.2 Å². The van der Waals surface area contributed by atoms with Crippen molar-refractivity contribution in [2.45, 2.75) is 31.8 Å². The summed E-state index contributed by atoms with van der Waals surface area (Å²) in [4.78, 5) is 2.17. The number of anilines is 2. The van der Waals surface area contributed by atoms with Crippen LogP contribution >= 0.6 is 0 Å². The predicted molar refractivity (Wildman–Crippen MR) is 72.3 cm³/mol. The van der Waals surface area contributed by atoms with Crippen molar-refractivity contribution in [1.29, 1.82) is 5.26 Å². The van der Waals surface area contributed by atoms with E-state index in [-0.39, 0.29) is 0 Å².